The fourth-order valence-electron chi connectivity index (χ4n) is 1.21. The minimum atomic E-state index is 0.123. The van der Waals surface area contributed by atoms with Crippen molar-refractivity contribution in [2.75, 3.05) is 0 Å². The highest BCUT2D eigenvalue weighted by Gasteiger charge is 2.06. The van der Waals surface area contributed by atoms with Crippen molar-refractivity contribution in [1.29, 1.82) is 0 Å². The quantitative estimate of drug-likeness (QED) is 0.287. The third kappa shape index (κ3) is 3.99. The minimum absolute atomic E-state index is 0.123. The minimum Gasteiger partial charge on any atom is -0.409 e. The molecule has 1 unspecified atom stereocenters. The molecule has 4 N–H and O–H groups in total. The van der Waals surface area contributed by atoms with E-state index in [1.54, 1.807) is 0 Å². The number of rotatable bonds is 5. The second-order valence-electron chi connectivity index (χ2n) is 3.51. The van der Waals surface area contributed by atoms with Gasteiger partial charge in [-0.15, -0.1) is 0 Å². The highest BCUT2D eigenvalue weighted by molar-refractivity contribution is 5.80. The van der Waals surface area contributed by atoms with E-state index in [0.29, 0.717) is 13.0 Å². The fraction of sp³-hybridized carbons (Fsp3) is 0.556. The van der Waals surface area contributed by atoms with E-state index in [1.165, 1.54) is 0 Å². The lowest BCUT2D eigenvalue weighted by Gasteiger charge is -2.10. The van der Waals surface area contributed by atoms with Gasteiger partial charge in [-0.25, -0.2) is 0 Å². The first-order valence-electron chi connectivity index (χ1n) is 4.73. The monoisotopic (exact) mass is 212 g/mol. The molecular formula is C9H16N4O2. The summed E-state index contributed by atoms with van der Waals surface area (Å²) in [4.78, 5) is 0. The topological polar surface area (TPSA) is 96.7 Å². The number of nitrogens with one attached hydrogen (secondary N) is 1. The predicted molar refractivity (Wildman–Crippen MR) is 55.6 cm³/mol. The van der Waals surface area contributed by atoms with Crippen LogP contribution < -0.4 is 11.1 Å². The molecule has 0 aromatic carbocycles. The Labute approximate surface area is 88.1 Å². The zero-order valence-electron chi connectivity index (χ0n) is 8.90. The van der Waals surface area contributed by atoms with Crippen LogP contribution in [0.25, 0.3) is 0 Å². The van der Waals surface area contributed by atoms with Gasteiger partial charge in [0.1, 0.15) is 11.6 Å². The first kappa shape index (κ1) is 11.5. The second-order valence-corrected chi connectivity index (χ2v) is 3.51. The average molecular weight is 212 g/mol. The molecule has 0 saturated carbocycles. The number of hydrogen-bond acceptors (Lipinski definition) is 5. The molecule has 0 radical (unpaired) electrons. The first-order chi connectivity index (χ1) is 7.11. The number of nitrogens with two attached hydrogens (primary N) is 1. The number of oxime groups is 1. The molecule has 1 heterocycles. The van der Waals surface area contributed by atoms with Gasteiger partial charge in [0.15, 0.2) is 0 Å². The van der Waals surface area contributed by atoms with E-state index in [2.05, 4.69) is 15.6 Å². The number of hydrogen-bond donors (Lipinski definition) is 3. The summed E-state index contributed by atoms with van der Waals surface area (Å²) < 4.78 is 4.92. The van der Waals surface area contributed by atoms with Crippen molar-refractivity contribution in [2.24, 2.45) is 10.9 Å². The molecule has 0 aliphatic rings. The summed E-state index contributed by atoms with van der Waals surface area (Å²) in [7, 11) is 0. The van der Waals surface area contributed by atoms with Crippen LogP contribution in [0, 0.1) is 6.92 Å². The van der Waals surface area contributed by atoms with Gasteiger partial charge in [0.05, 0.1) is 5.69 Å². The van der Waals surface area contributed by atoms with E-state index in [-0.39, 0.29) is 11.9 Å². The maximum atomic E-state index is 8.38. The van der Waals surface area contributed by atoms with Crippen molar-refractivity contribution in [1.82, 2.24) is 10.5 Å². The molecule has 0 amide bonds. The zero-order valence-corrected chi connectivity index (χ0v) is 8.90. The van der Waals surface area contributed by atoms with Gasteiger partial charge in [-0.2, -0.15) is 0 Å². The summed E-state index contributed by atoms with van der Waals surface area (Å²) in [6.45, 7) is 4.40. The summed E-state index contributed by atoms with van der Waals surface area (Å²) in [5, 5.41) is 18.3. The van der Waals surface area contributed by atoms with Gasteiger partial charge < -0.3 is 20.8 Å². The third-order valence-corrected chi connectivity index (χ3v) is 1.95. The Hall–Kier alpha value is -1.56. The molecule has 0 spiro atoms. The second kappa shape index (κ2) is 5.35. The fourth-order valence-corrected chi connectivity index (χ4v) is 1.21. The number of aromatic nitrogens is 1. The molecule has 6 nitrogen and oxygen atoms in total. The van der Waals surface area contributed by atoms with Crippen molar-refractivity contribution in [3.8, 4) is 0 Å². The molecule has 1 rings (SSSR count). The lowest BCUT2D eigenvalue weighted by Crippen LogP contribution is -2.30. The summed E-state index contributed by atoms with van der Waals surface area (Å²) in [5.74, 6) is 1.00. The summed E-state index contributed by atoms with van der Waals surface area (Å²) in [5.41, 5.74) is 6.22. The molecule has 1 atom stereocenters. The largest absolute Gasteiger partial charge is 0.409 e. The van der Waals surface area contributed by atoms with Crippen molar-refractivity contribution in [3.63, 3.8) is 0 Å². The van der Waals surface area contributed by atoms with E-state index >= 15 is 0 Å². The predicted octanol–water partition coefficient (Wildman–Crippen LogP) is 0.598. The molecule has 6 heteroatoms. The van der Waals surface area contributed by atoms with Gasteiger partial charge in [-0.05, 0) is 13.8 Å². The maximum absolute atomic E-state index is 8.38. The number of amidine groups is 1. The van der Waals surface area contributed by atoms with Crippen molar-refractivity contribution in [2.45, 2.75) is 32.9 Å². The van der Waals surface area contributed by atoms with Crippen LogP contribution in [0.4, 0.5) is 0 Å². The van der Waals surface area contributed by atoms with Crippen LogP contribution in [0.5, 0.6) is 0 Å². The zero-order chi connectivity index (χ0) is 11.3. The third-order valence-electron chi connectivity index (χ3n) is 1.95. The van der Waals surface area contributed by atoms with E-state index < -0.39 is 0 Å². The van der Waals surface area contributed by atoms with Crippen LogP contribution in [0.3, 0.4) is 0 Å². The van der Waals surface area contributed by atoms with Crippen molar-refractivity contribution in [3.05, 3.63) is 17.5 Å². The average Bonchev–Trinajstić information content (AvgIpc) is 2.61. The van der Waals surface area contributed by atoms with Crippen molar-refractivity contribution < 1.29 is 9.73 Å². The Morgan fingerprint density at radius 1 is 1.80 bits per heavy atom. The van der Waals surface area contributed by atoms with Crippen LogP contribution in [-0.2, 0) is 6.54 Å². The Morgan fingerprint density at radius 2 is 2.53 bits per heavy atom. The molecule has 84 valence electrons. The molecule has 0 bridgehead atoms. The van der Waals surface area contributed by atoms with Crippen LogP contribution in [-0.4, -0.2) is 22.2 Å². The van der Waals surface area contributed by atoms with Gasteiger partial charge in [-0.3, -0.25) is 0 Å². The van der Waals surface area contributed by atoms with Crippen LogP contribution in [0.1, 0.15) is 24.8 Å². The van der Waals surface area contributed by atoms with Crippen LogP contribution in [0.15, 0.2) is 15.7 Å². The van der Waals surface area contributed by atoms with E-state index in [1.807, 2.05) is 19.9 Å². The van der Waals surface area contributed by atoms with Gasteiger partial charge in [0.25, 0.3) is 0 Å². The summed E-state index contributed by atoms with van der Waals surface area (Å²) in [6.07, 6.45) is 0.493. The Morgan fingerprint density at radius 3 is 3.07 bits per heavy atom. The normalized spacial score (nSPS) is 14.1. The smallest absolute Gasteiger partial charge is 0.140 e. The Kier molecular flexibility index (Phi) is 4.11. The lowest BCUT2D eigenvalue weighted by atomic mass is 10.2. The molecule has 0 fully saturated rings. The Bertz CT molecular complexity index is 335. The highest BCUT2D eigenvalue weighted by atomic mass is 16.5. The molecule has 1 aromatic rings. The molecule has 0 aliphatic carbocycles. The van der Waals surface area contributed by atoms with Crippen LogP contribution in [0.2, 0.25) is 0 Å². The number of aryl methyl sites for hydroxylation is 1. The molecule has 1 aromatic heterocycles. The molecule has 0 saturated heterocycles. The van der Waals surface area contributed by atoms with Crippen LogP contribution >= 0.6 is 0 Å². The van der Waals surface area contributed by atoms with Gasteiger partial charge in [-0.1, -0.05) is 10.3 Å². The maximum Gasteiger partial charge on any atom is 0.140 e. The summed E-state index contributed by atoms with van der Waals surface area (Å²) in [6, 6.07) is 1.99. The first-order valence-corrected chi connectivity index (χ1v) is 4.73. The van der Waals surface area contributed by atoms with E-state index in [4.69, 9.17) is 15.5 Å². The molecule has 15 heavy (non-hydrogen) atoms. The van der Waals surface area contributed by atoms with E-state index in [0.717, 1.165) is 11.5 Å². The SMILES string of the molecule is Cc1cc(CNC(C)CC(N)=NO)no1. The lowest BCUT2D eigenvalue weighted by molar-refractivity contribution is 0.315. The van der Waals surface area contributed by atoms with Gasteiger partial charge in [0.2, 0.25) is 0 Å². The van der Waals surface area contributed by atoms with E-state index in [9.17, 15) is 0 Å². The standard InChI is InChI=1S/C9H16N4O2/c1-6(3-9(10)12-14)11-5-8-4-7(2)15-13-8/h4,6,11,14H,3,5H2,1-2H3,(H2,10,12). The Balaban J connectivity index is 2.31. The molecular weight excluding hydrogens is 196 g/mol. The number of nitrogens with zero attached hydrogens (tertiary/aromatic N) is 2. The van der Waals surface area contributed by atoms with Gasteiger partial charge >= 0.3 is 0 Å². The summed E-state index contributed by atoms with van der Waals surface area (Å²) >= 11 is 0. The van der Waals surface area contributed by atoms with Gasteiger partial charge in [0, 0.05) is 25.1 Å². The van der Waals surface area contributed by atoms with Crippen molar-refractivity contribution >= 4 is 5.84 Å². The highest BCUT2D eigenvalue weighted by Crippen LogP contribution is 2.01. The molecule has 0 aliphatic heterocycles.